The Hall–Kier alpha value is -2.71. The molecule has 0 spiro atoms. The maximum Gasteiger partial charge on any atom is 0.326 e. The Morgan fingerprint density at radius 2 is 1.96 bits per heavy atom. The third-order valence-corrected chi connectivity index (χ3v) is 5.68. The Kier molecular flexibility index (Phi) is 5.29. The predicted molar refractivity (Wildman–Crippen MR) is 105 cm³/mol. The van der Waals surface area contributed by atoms with Crippen LogP contribution in [0.4, 0.5) is 0 Å². The second kappa shape index (κ2) is 7.50. The maximum atomic E-state index is 12.3. The lowest BCUT2D eigenvalue weighted by Gasteiger charge is -2.06. The second-order valence-corrected chi connectivity index (χ2v) is 9.04. The van der Waals surface area contributed by atoms with Gasteiger partial charge in [0.05, 0.1) is 39.2 Å². The Morgan fingerprint density at radius 3 is 2.63 bits per heavy atom. The number of carbonyl (C=O) groups excluding carboxylic acids is 1. The number of fused-ring (bicyclic) bond motifs is 1. The molecule has 2 N–H and O–H groups in total. The summed E-state index contributed by atoms with van der Waals surface area (Å²) >= 11 is 0. The molecule has 2 unspecified atom stereocenters. The topological polar surface area (TPSA) is 105 Å². The van der Waals surface area contributed by atoms with E-state index in [2.05, 4.69) is 9.35 Å². The average Bonchev–Trinajstić information content (AvgIpc) is 2.89. The summed E-state index contributed by atoms with van der Waals surface area (Å²) < 4.78 is 17.6. The van der Waals surface area contributed by atoms with E-state index in [1.54, 1.807) is 16.7 Å². The summed E-state index contributed by atoms with van der Waals surface area (Å²) in [7, 11) is -2.83. The van der Waals surface area contributed by atoms with E-state index in [0.717, 1.165) is 5.56 Å². The number of aromatic nitrogens is 2. The lowest BCUT2D eigenvalue weighted by atomic mass is 10.2. The van der Waals surface area contributed by atoms with Gasteiger partial charge in [-0.25, -0.2) is 9.00 Å². The van der Waals surface area contributed by atoms with Crippen molar-refractivity contribution in [2.45, 2.75) is 19.6 Å². The van der Waals surface area contributed by atoms with Crippen LogP contribution in [0.15, 0.2) is 57.7 Å². The van der Waals surface area contributed by atoms with E-state index in [0.29, 0.717) is 17.6 Å². The first-order chi connectivity index (χ1) is 12.7. The molecule has 2 atom stereocenters. The third kappa shape index (κ3) is 4.53. The Labute approximate surface area is 156 Å². The summed E-state index contributed by atoms with van der Waals surface area (Å²) in [5.74, 6) is -0.715. The monoisotopic (exact) mass is 387 g/mol. The van der Waals surface area contributed by atoms with Crippen LogP contribution in [0, 0.1) is 0 Å². The van der Waals surface area contributed by atoms with Crippen molar-refractivity contribution in [3.63, 3.8) is 0 Å². The third-order valence-electron chi connectivity index (χ3n) is 4.03. The van der Waals surface area contributed by atoms with Crippen LogP contribution in [0.2, 0.25) is 0 Å². The minimum Gasteiger partial charge on any atom is -0.392 e. The Balaban J connectivity index is 1.95. The number of imidazole rings is 1. The molecule has 3 rings (SSSR count). The maximum absolute atomic E-state index is 12.3. The molecule has 27 heavy (non-hydrogen) atoms. The molecule has 1 heterocycles. The number of hydrogen-bond donors (Lipinski definition) is 2. The summed E-state index contributed by atoms with van der Waals surface area (Å²) in [5.41, 5.74) is 2.12. The molecule has 0 saturated heterocycles. The number of H-pyrrole nitrogens is 1. The molecule has 0 aliphatic heterocycles. The normalized spacial score (nSPS) is 14.6. The second-order valence-electron chi connectivity index (χ2n) is 6.61. The van der Waals surface area contributed by atoms with Crippen molar-refractivity contribution in [1.82, 2.24) is 9.55 Å². The van der Waals surface area contributed by atoms with E-state index in [1.807, 2.05) is 30.3 Å². The molecular formula is C19H21N3O4S. The molecule has 3 aromatic rings. The zero-order valence-electron chi connectivity index (χ0n) is 15.1. The number of nitrogens with one attached hydrogen (secondary N) is 1. The number of aromatic amines is 1. The number of aliphatic hydroxyl groups excluding tert-OH is 1. The molecule has 8 heteroatoms. The minimum absolute atomic E-state index is 0.0781. The van der Waals surface area contributed by atoms with Crippen molar-refractivity contribution in [2.75, 3.05) is 12.0 Å². The van der Waals surface area contributed by atoms with Crippen molar-refractivity contribution in [3.05, 3.63) is 70.1 Å². The molecule has 2 aromatic carbocycles. The highest BCUT2D eigenvalue weighted by molar-refractivity contribution is 7.93. The number of carbonyl (C=O) groups is 1. The highest BCUT2D eigenvalue weighted by Crippen LogP contribution is 2.16. The predicted octanol–water partition coefficient (Wildman–Crippen LogP) is 2.00. The lowest BCUT2D eigenvalue weighted by Crippen LogP contribution is -2.17. The molecule has 0 saturated carbocycles. The van der Waals surface area contributed by atoms with Gasteiger partial charge in [-0.1, -0.05) is 30.3 Å². The summed E-state index contributed by atoms with van der Waals surface area (Å²) in [6.45, 7) is 1.91. The fraction of sp³-hybridized carbons (Fsp3) is 0.263. The highest BCUT2D eigenvalue weighted by atomic mass is 32.2. The van der Waals surface area contributed by atoms with Crippen LogP contribution < -0.4 is 5.69 Å². The van der Waals surface area contributed by atoms with Gasteiger partial charge in [0, 0.05) is 11.8 Å². The Bertz CT molecular complexity index is 1150. The smallest absolute Gasteiger partial charge is 0.326 e. The van der Waals surface area contributed by atoms with Crippen LogP contribution in [0.25, 0.3) is 11.0 Å². The SMILES string of the molecule is CC(O)CS(C)(=O)=NC(=O)c1ccc2c(c1)[nH]c(=O)n2Cc1ccccc1. The van der Waals surface area contributed by atoms with E-state index >= 15 is 0 Å². The molecular weight excluding hydrogens is 366 g/mol. The number of hydrogen-bond acceptors (Lipinski definition) is 4. The molecule has 0 fully saturated rings. The van der Waals surface area contributed by atoms with Gasteiger partial charge in [0.25, 0.3) is 5.91 Å². The number of amides is 1. The zero-order valence-corrected chi connectivity index (χ0v) is 15.9. The molecule has 7 nitrogen and oxygen atoms in total. The van der Waals surface area contributed by atoms with E-state index in [4.69, 9.17) is 0 Å². The first-order valence-electron chi connectivity index (χ1n) is 8.44. The van der Waals surface area contributed by atoms with Gasteiger partial charge in [0.1, 0.15) is 0 Å². The van der Waals surface area contributed by atoms with E-state index in [-0.39, 0.29) is 17.0 Å². The van der Waals surface area contributed by atoms with Crippen LogP contribution in [0.5, 0.6) is 0 Å². The van der Waals surface area contributed by atoms with Gasteiger partial charge in [-0.05, 0) is 30.7 Å². The van der Waals surface area contributed by atoms with Gasteiger partial charge in [-0.3, -0.25) is 9.36 Å². The van der Waals surface area contributed by atoms with Gasteiger partial charge >= 0.3 is 5.69 Å². The van der Waals surface area contributed by atoms with Crippen molar-refractivity contribution >= 4 is 26.7 Å². The molecule has 142 valence electrons. The van der Waals surface area contributed by atoms with Gasteiger partial charge in [-0.2, -0.15) is 4.36 Å². The first-order valence-corrected chi connectivity index (χ1v) is 10.5. The van der Waals surface area contributed by atoms with Crippen molar-refractivity contribution in [1.29, 1.82) is 0 Å². The minimum atomic E-state index is -2.83. The molecule has 0 radical (unpaired) electrons. The molecule has 1 amide bonds. The number of rotatable bonds is 5. The molecule has 0 aliphatic rings. The van der Waals surface area contributed by atoms with Crippen LogP contribution in [0.1, 0.15) is 22.8 Å². The summed E-state index contributed by atoms with van der Waals surface area (Å²) in [4.78, 5) is 27.4. The van der Waals surface area contributed by atoms with E-state index in [9.17, 15) is 18.9 Å². The van der Waals surface area contributed by atoms with Gasteiger partial charge in [0.2, 0.25) is 0 Å². The van der Waals surface area contributed by atoms with Crippen LogP contribution in [0.3, 0.4) is 0 Å². The van der Waals surface area contributed by atoms with Crippen LogP contribution in [-0.4, -0.2) is 42.9 Å². The van der Waals surface area contributed by atoms with Crippen molar-refractivity contribution in [3.8, 4) is 0 Å². The summed E-state index contributed by atoms with van der Waals surface area (Å²) in [5, 5.41) is 9.37. The van der Waals surface area contributed by atoms with Crippen molar-refractivity contribution < 1.29 is 14.1 Å². The van der Waals surface area contributed by atoms with Crippen LogP contribution >= 0.6 is 0 Å². The van der Waals surface area contributed by atoms with Crippen LogP contribution in [-0.2, 0) is 16.3 Å². The van der Waals surface area contributed by atoms with Gasteiger partial charge in [-0.15, -0.1) is 0 Å². The average molecular weight is 387 g/mol. The Morgan fingerprint density at radius 1 is 1.26 bits per heavy atom. The highest BCUT2D eigenvalue weighted by Gasteiger charge is 2.14. The number of nitrogens with zero attached hydrogens (tertiary/aromatic N) is 2. The lowest BCUT2D eigenvalue weighted by molar-refractivity contribution is 0.100. The summed E-state index contributed by atoms with van der Waals surface area (Å²) in [6, 6.07) is 14.3. The fourth-order valence-corrected chi connectivity index (χ4v) is 4.36. The zero-order chi connectivity index (χ0) is 19.6. The molecule has 1 aromatic heterocycles. The first kappa shape index (κ1) is 19.1. The molecule has 0 aliphatic carbocycles. The van der Waals surface area contributed by atoms with Crippen molar-refractivity contribution in [2.24, 2.45) is 4.36 Å². The van der Waals surface area contributed by atoms with E-state index < -0.39 is 21.7 Å². The number of benzene rings is 2. The van der Waals surface area contributed by atoms with E-state index in [1.165, 1.54) is 19.2 Å². The fourth-order valence-electron chi connectivity index (χ4n) is 2.93. The van der Waals surface area contributed by atoms with Gasteiger partial charge in [0.15, 0.2) is 0 Å². The molecule has 0 bridgehead atoms. The van der Waals surface area contributed by atoms with Gasteiger partial charge < -0.3 is 10.1 Å². The summed E-state index contributed by atoms with van der Waals surface area (Å²) in [6.07, 6.45) is 0.527. The largest absolute Gasteiger partial charge is 0.392 e. The number of aliphatic hydroxyl groups is 1. The standard InChI is InChI=1S/C19H21N3O4S/c1-13(23)12-27(2,26)21-18(24)15-8-9-17-16(10-15)20-19(25)22(17)11-14-6-4-3-5-7-14/h3-10,13,23H,11-12H2,1-2H3,(H,20,25). The quantitative estimate of drug-likeness (QED) is 0.698.